The SMILES string of the molecule is CC1COCCN1c1ccc(C#N)c(Cl)c1. The standard InChI is InChI=1S/C12H13ClN2O/c1-9-8-16-5-4-15(9)11-3-2-10(7-14)12(13)6-11/h2-3,6,9H,4-5,8H2,1H3. The van der Waals surface area contributed by atoms with Crippen molar-refractivity contribution in [1.82, 2.24) is 0 Å². The Morgan fingerprint density at radius 3 is 3.00 bits per heavy atom. The van der Waals surface area contributed by atoms with Crippen LogP contribution in [0.4, 0.5) is 5.69 Å². The molecule has 1 aromatic rings. The molecule has 16 heavy (non-hydrogen) atoms. The lowest BCUT2D eigenvalue weighted by Gasteiger charge is -2.35. The zero-order valence-corrected chi connectivity index (χ0v) is 9.87. The fraction of sp³-hybridized carbons (Fsp3) is 0.417. The van der Waals surface area contributed by atoms with Crippen molar-refractivity contribution in [2.45, 2.75) is 13.0 Å². The molecular formula is C12H13ClN2O. The van der Waals surface area contributed by atoms with Gasteiger partial charge < -0.3 is 9.64 Å². The van der Waals surface area contributed by atoms with Gasteiger partial charge in [-0.05, 0) is 25.1 Å². The van der Waals surface area contributed by atoms with E-state index >= 15 is 0 Å². The van der Waals surface area contributed by atoms with E-state index < -0.39 is 0 Å². The Kier molecular flexibility index (Phi) is 3.33. The predicted molar refractivity (Wildman–Crippen MR) is 63.8 cm³/mol. The molecule has 0 saturated carbocycles. The minimum absolute atomic E-state index is 0.345. The average molecular weight is 237 g/mol. The molecule has 0 amide bonds. The molecule has 0 bridgehead atoms. The maximum atomic E-state index is 8.80. The van der Waals surface area contributed by atoms with Gasteiger partial charge in [0.05, 0.1) is 23.8 Å². The molecule has 1 saturated heterocycles. The number of ether oxygens (including phenoxy) is 1. The molecule has 0 aliphatic carbocycles. The fourth-order valence-corrected chi connectivity index (χ4v) is 2.10. The third kappa shape index (κ3) is 2.13. The molecule has 1 unspecified atom stereocenters. The Morgan fingerprint density at radius 1 is 1.56 bits per heavy atom. The van der Waals surface area contributed by atoms with Crippen LogP contribution in [-0.2, 0) is 4.74 Å². The van der Waals surface area contributed by atoms with Gasteiger partial charge in [0, 0.05) is 18.3 Å². The largest absolute Gasteiger partial charge is 0.377 e. The molecule has 1 aliphatic heterocycles. The quantitative estimate of drug-likeness (QED) is 0.752. The van der Waals surface area contributed by atoms with E-state index in [2.05, 4.69) is 17.9 Å². The summed E-state index contributed by atoms with van der Waals surface area (Å²) in [6.45, 7) is 4.45. The Hall–Kier alpha value is -1.24. The van der Waals surface area contributed by atoms with Crippen molar-refractivity contribution >= 4 is 17.3 Å². The predicted octanol–water partition coefficient (Wildman–Crippen LogP) is 2.44. The number of halogens is 1. The van der Waals surface area contributed by atoms with Gasteiger partial charge in [-0.25, -0.2) is 0 Å². The molecule has 1 aromatic carbocycles. The van der Waals surface area contributed by atoms with Crippen LogP contribution >= 0.6 is 11.6 Å². The molecule has 3 nitrogen and oxygen atoms in total. The average Bonchev–Trinajstić information content (AvgIpc) is 2.29. The number of morpholine rings is 1. The molecular weight excluding hydrogens is 224 g/mol. The lowest BCUT2D eigenvalue weighted by Crippen LogP contribution is -2.43. The zero-order valence-electron chi connectivity index (χ0n) is 9.11. The molecule has 4 heteroatoms. The highest BCUT2D eigenvalue weighted by atomic mass is 35.5. The van der Waals surface area contributed by atoms with Crippen LogP contribution in [0, 0.1) is 11.3 Å². The van der Waals surface area contributed by atoms with Crippen LogP contribution in [0.1, 0.15) is 12.5 Å². The van der Waals surface area contributed by atoms with Gasteiger partial charge in [0.15, 0.2) is 0 Å². The highest BCUT2D eigenvalue weighted by molar-refractivity contribution is 6.32. The maximum absolute atomic E-state index is 8.80. The van der Waals surface area contributed by atoms with Crippen molar-refractivity contribution < 1.29 is 4.74 Å². The summed E-state index contributed by atoms with van der Waals surface area (Å²) in [4.78, 5) is 2.25. The molecule has 0 spiro atoms. The fourth-order valence-electron chi connectivity index (χ4n) is 1.88. The summed E-state index contributed by atoms with van der Waals surface area (Å²) in [7, 11) is 0. The smallest absolute Gasteiger partial charge is 0.101 e. The molecule has 84 valence electrons. The van der Waals surface area contributed by atoms with Gasteiger partial charge in [-0.2, -0.15) is 5.26 Å². The van der Waals surface area contributed by atoms with E-state index in [9.17, 15) is 0 Å². The third-order valence-corrected chi connectivity index (χ3v) is 3.09. The number of nitriles is 1. The summed E-state index contributed by atoms with van der Waals surface area (Å²) < 4.78 is 5.38. The molecule has 1 aliphatic rings. The van der Waals surface area contributed by atoms with Crippen LogP contribution < -0.4 is 4.90 Å². The molecule has 0 N–H and O–H groups in total. The van der Waals surface area contributed by atoms with E-state index in [1.807, 2.05) is 12.1 Å². The van der Waals surface area contributed by atoms with Crippen molar-refractivity contribution in [1.29, 1.82) is 5.26 Å². The van der Waals surface area contributed by atoms with E-state index in [1.54, 1.807) is 6.07 Å². The molecule has 1 fully saturated rings. The highest BCUT2D eigenvalue weighted by Crippen LogP contribution is 2.25. The van der Waals surface area contributed by atoms with E-state index in [0.717, 1.165) is 25.4 Å². The summed E-state index contributed by atoms with van der Waals surface area (Å²) >= 11 is 6.02. The molecule has 1 atom stereocenters. The van der Waals surface area contributed by atoms with E-state index in [4.69, 9.17) is 21.6 Å². The van der Waals surface area contributed by atoms with Crippen LogP contribution in [-0.4, -0.2) is 25.8 Å². The first kappa shape index (κ1) is 11.3. The Bertz CT molecular complexity index is 428. The molecule has 0 aromatic heterocycles. The summed E-state index contributed by atoms with van der Waals surface area (Å²) in [5.74, 6) is 0. The maximum Gasteiger partial charge on any atom is 0.101 e. The Labute approximate surface area is 100 Å². The minimum Gasteiger partial charge on any atom is -0.377 e. The Morgan fingerprint density at radius 2 is 2.38 bits per heavy atom. The highest BCUT2D eigenvalue weighted by Gasteiger charge is 2.19. The molecule has 1 heterocycles. The van der Waals surface area contributed by atoms with Gasteiger partial charge in [0.25, 0.3) is 0 Å². The summed E-state index contributed by atoms with van der Waals surface area (Å²) in [6.07, 6.45) is 0. The zero-order chi connectivity index (χ0) is 11.5. The Balaban J connectivity index is 2.27. The van der Waals surface area contributed by atoms with Gasteiger partial charge >= 0.3 is 0 Å². The summed E-state index contributed by atoms with van der Waals surface area (Å²) in [5, 5.41) is 9.32. The second-order valence-corrected chi connectivity index (χ2v) is 4.30. The normalized spacial score (nSPS) is 20.6. The number of rotatable bonds is 1. The van der Waals surface area contributed by atoms with Crippen molar-refractivity contribution in [3.8, 4) is 6.07 Å². The van der Waals surface area contributed by atoms with Gasteiger partial charge in [-0.15, -0.1) is 0 Å². The second kappa shape index (κ2) is 4.73. The third-order valence-electron chi connectivity index (χ3n) is 2.77. The van der Waals surface area contributed by atoms with Crippen LogP contribution in [0.15, 0.2) is 18.2 Å². The second-order valence-electron chi connectivity index (χ2n) is 3.89. The molecule has 2 rings (SSSR count). The van der Waals surface area contributed by atoms with Crippen molar-refractivity contribution in [2.24, 2.45) is 0 Å². The number of anilines is 1. The lowest BCUT2D eigenvalue weighted by molar-refractivity contribution is 0.0989. The van der Waals surface area contributed by atoms with Crippen molar-refractivity contribution in [3.05, 3.63) is 28.8 Å². The first-order chi connectivity index (χ1) is 7.72. The van der Waals surface area contributed by atoms with E-state index in [0.29, 0.717) is 16.6 Å². The van der Waals surface area contributed by atoms with Crippen molar-refractivity contribution in [3.63, 3.8) is 0 Å². The van der Waals surface area contributed by atoms with E-state index in [-0.39, 0.29) is 0 Å². The number of nitrogens with zero attached hydrogens (tertiary/aromatic N) is 2. The first-order valence-corrected chi connectivity index (χ1v) is 5.64. The van der Waals surface area contributed by atoms with Crippen LogP contribution in [0.2, 0.25) is 5.02 Å². The number of benzene rings is 1. The van der Waals surface area contributed by atoms with Gasteiger partial charge in [-0.1, -0.05) is 11.6 Å². The minimum atomic E-state index is 0.345. The van der Waals surface area contributed by atoms with Crippen LogP contribution in [0.5, 0.6) is 0 Å². The van der Waals surface area contributed by atoms with Gasteiger partial charge in [0.1, 0.15) is 6.07 Å². The summed E-state index contributed by atoms with van der Waals surface area (Å²) in [6, 6.07) is 7.96. The van der Waals surface area contributed by atoms with Gasteiger partial charge in [0.2, 0.25) is 0 Å². The topological polar surface area (TPSA) is 36.3 Å². The summed E-state index contributed by atoms with van der Waals surface area (Å²) in [5.41, 5.74) is 1.58. The van der Waals surface area contributed by atoms with Crippen LogP contribution in [0.25, 0.3) is 0 Å². The number of hydrogen-bond acceptors (Lipinski definition) is 3. The first-order valence-electron chi connectivity index (χ1n) is 5.26. The van der Waals surface area contributed by atoms with E-state index in [1.165, 1.54) is 0 Å². The molecule has 0 radical (unpaired) electrons. The van der Waals surface area contributed by atoms with Crippen molar-refractivity contribution in [2.75, 3.05) is 24.7 Å². The number of hydrogen-bond donors (Lipinski definition) is 0. The van der Waals surface area contributed by atoms with Gasteiger partial charge in [-0.3, -0.25) is 0 Å². The monoisotopic (exact) mass is 236 g/mol. The van der Waals surface area contributed by atoms with Crippen LogP contribution in [0.3, 0.4) is 0 Å². The lowest BCUT2D eigenvalue weighted by atomic mass is 10.1.